The van der Waals surface area contributed by atoms with Crippen LogP contribution in [0.5, 0.6) is 0 Å². The molecule has 1 unspecified atom stereocenters. The molecule has 0 aromatic carbocycles. The summed E-state index contributed by atoms with van der Waals surface area (Å²) in [4.78, 5) is 11.5. The standard InChI is InChI=1S/C15H28N4/c1-7-19(8-2)10-13(6)17-15-16-12(5)9-14(18-15)11(3)4/h9,11,13H,7-8,10H2,1-6H3,(H,16,17,18). The van der Waals surface area contributed by atoms with E-state index in [-0.39, 0.29) is 0 Å². The van der Waals surface area contributed by atoms with Crippen LogP contribution in [0.15, 0.2) is 6.07 Å². The van der Waals surface area contributed by atoms with Crippen molar-refractivity contribution in [2.45, 2.75) is 53.5 Å². The van der Waals surface area contributed by atoms with Gasteiger partial charge in [0.25, 0.3) is 0 Å². The molecule has 19 heavy (non-hydrogen) atoms. The molecule has 1 heterocycles. The average Bonchev–Trinajstić information content (AvgIpc) is 2.35. The summed E-state index contributed by atoms with van der Waals surface area (Å²) in [6, 6.07) is 2.41. The largest absolute Gasteiger partial charge is 0.350 e. The van der Waals surface area contributed by atoms with E-state index in [0.717, 1.165) is 37.0 Å². The Morgan fingerprint density at radius 3 is 2.32 bits per heavy atom. The number of aryl methyl sites for hydroxylation is 1. The molecule has 0 spiro atoms. The minimum absolute atomic E-state index is 0.349. The van der Waals surface area contributed by atoms with Crippen LogP contribution in [0.25, 0.3) is 0 Å². The van der Waals surface area contributed by atoms with Crippen LogP contribution in [-0.4, -0.2) is 40.5 Å². The van der Waals surface area contributed by atoms with E-state index in [2.05, 4.69) is 60.9 Å². The number of anilines is 1. The van der Waals surface area contributed by atoms with Gasteiger partial charge >= 0.3 is 0 Å². The Bertz CT molecular complexity index is 386. The van der Waals surface area contributed by atoms with Crippen molar-refractivity contribution in [3.05, 3.63) is 17.5 Å². The molecule has 0 aliphatic rings. The smallest absolute Gasteiger partial charge is 0.223 e. The summed E-state index contributed by atoms with van der Waals surface area (Å²) >= 11 is 0. The molecule has 0 saturated carbocycles. The lowest BCUT2D eigenvalue weighted by molar-refractivity contribution is 0.294. The van der Waals surface area contributed by atoms with Gasteiger partial charge in [0, 0.05) is 24.0 Å². The molecule has 1 rings (SSSR count). The molecule has 0 saturated heterocycles. The van der Waals surface area contributed by atoms with Crippen LogP contribution in [0.1, 0.15) is 51.9 Å². The van der Waals surface area contributed by atoms with Crippen LogP contribution in [0.2, 0.25) is 0 Å². The molecule has 1 aromatic heterocycles. The third-order valence-corrected chi connectivity index (χ3v) is 3.27. The van der Waals surface area contributed by atoms with Crippen molar-refractivity contribution in [2.75, 3.05) is 25.0 Å². The summed E-state index contributed by atoms with van der Waals surface area (Å²) in [6.45, 7) is 16.1. The molecule has 0 bridgehead atoms. The number of nitrogens with one attached hydrogen (secondary N) is 1. The number of aromatic nitrogens is 2. The van der Waals surface area contributed by atoms with Crippen LogP contribution in [0.4, 0.5) is 5.95 Å². The molecule has 0 aliphatic heterocycles. The SMILES string of the molecule is CCN(CC)CC(C)Nc1nc(C)cc(C(C)C)n1. The van der Waals surface area contributed by atoms with Crippen molar-refractivity contribution in [2.24, 2.45) is 0 Å². The summed E-state index contributed by atoms with van der Waals surface area (Å²) in [7, 11) is 0. The normalized spacial score (nSPS) is 13.1. The monoisotopic (exact) mass is 264 g/mol. The van der Waals surface area contributed by atoms with Gasteiger partial charge in [0.15, 0.2) is 0 Å². The zero-order valence-electron chi connectivity index (χ0n) is 13.2. The Hall–Kier alpha value is -1.16. The lowest BCUT2D eigenvalue weighted by Gasteiger charge is -2.23. The lowest BCUT2D eigenvalue weighted by atomic mass is 10.1. The lowest BCUT2D eigenvalue weighted by Crippen LogP contribution is -2.35. The average molecular weight is 264 g/mol. The first-order chi connectivity index (χ1) is 8.96. The van der Waals surface area contributed by atoms with E-state index in [1.165, 1.54) is 0 Å². The van der Waals surface area contributed by atoms with Crippen molar-refractivity contribution >= 4 is 5.95 Å². The first kappa shape index (κ1) is 15.9. The second-order valence-corrected chi connectivity index (χ2v) is 5.44. The maximum absolute atomic E-state index is 4.59. The van der Waals surface area contributed by atoms with Crippen molar-refractivity contribution in [3.8, 4) is 0 Å². The second kappa shape index (κ2) is 7.43. The molecule has 108 valence electrons. The predicted octanol–water partition coefficient (Wildman–Crippen LogP) is 3.05. The number of rotatable bonds is 7. The molecule has 0 radical (unpaired) electrons. The van der Waals surface area contributed by atoms with Crippen molar-refractivity contribution in [3.63, 3.8) is 0 Å². The second-order valence-electron chi connectivity index (χ2n) is 5.44. The molecule has 0 amide bonds. The van der Waals surface area contributed by atoms with Gasteiger partial charge in [0.2, 0.25) is 5.95 Å². The Balaban J connectivity index is 2.70. The summed E-state index contributed by atoms with van der Waals surface area (Å²) in [5.41, 5.74) is 2.13. The Labute approximate surface area is 117 Å². The maximum atomic E-state index is 4.59. The third-order valence-electron chi connectivity index (χ3n) is 3.27. The van der Waals surface area contributed by atoms with Gasteiger partial charge in [-0.1, -0.05) is 27.7 Å². The fraction of sp³-hybridized carbons (Fsp3) is 0.733. The Kier molecular flexibility index (Phi) is 6.22. The highest BCUT2D eigenvalue weighted by molar-refractivity contribution is 5.30. The van der Waals surface area contributed by atoms with Gasteiger partial charge in [-0.15, -0.1) is 0 Å². The van der Waals surface area contributed by atoms with Crippen molar-refractivity contribution in [1.82, 2.24) is 14.9 Å². The number of hydrogen-bond acceptors (Lipinski definition) is 4. The van der Waals surface area contributed by atoms with Gasteiger partial charge in [-0.2, -0.15) is 0 Å². The highest BCUT2D eigenvalue weighted by Crippen LogP contribution is 2.14. The van der Waals surface area contributed by atoms with E-state index in [9.17, 15) is 0 Å². The zero-order valence-corrected chi connectivity index (χ0v) is 13.2. The van der Waals surface area contributed by atoms with Crippen LogP contribution < -0.4 is 5.32 Å². The van der Waals surface area contributed by atoms with Gasteiger partial charge in [-0.05, 0) is 38.9 Å². The van der Waals surface area contributed by atoms with Gasteiger partial charge in [-0.25, -0.2) is 9.97 Å². The zero-order chi connectivity index (χ0) is 14.4. The van der Waals surface area contributed by atoms with Crippen LogP contribution in [0.3, 0.4) is 0 Å². The Morgan fingerprint density at radius 2 is 1.79 bits per heavy atom. The molecule has 0 fully saturated rings. The van der Waals surface area contributed by atoms with Crippen LogP contribution in [-0.2, 0) is 0 Å². The summed E-state index contributed by atoms with van der Waals surface area (Å²) in [6.07, 6.45) is 0. The topological polar surface area (TPSA) is 41.0 Å². The van der Waals surface area contributed by atoms with Gasteiger partial charge < -0.3 is 10.2 Å². The summed E-state index contributed by atoms with van der Waals surface area (Å²) in [5, 5.41) is 3.41. The van der Waals surface area contributed by atoms with Crippen LogP contribution in [0, 0.1) is 6.92 Å². The molecular formula is C15H28N4. The summed E-state index contributed by atoms with van der Waals surface area (Å²) in [5.74, 6) is 1.18. The highest BCUT2D eigenvalue weighted by Gasteiger charge is 2.10. The molecular weight excluding hydrogens is 236 g/mol. The van der Waals surface area contributed by atoms with Gasteiger partial charge in [0.1, 0.15) is 0 Å². The number of likely N-dealkylation sites (N-methyl/N-ethyl adjacent to an activating group) is 1. The van der Waals surface area contributed by atoms with Crippen molar-refractivity contribution in [1.29, 1.82) is 0 Å². The first-order valence-electron chi connectivity index (χ1n) is 7.30. The molecule has 4 heteroatoms. The number of nitrogens with zero attached hydrogens (tertiary/aromatic N) is 3. The highest BCUT2D eigenvalue weighted by atomic mass is 15.2. The summed E-state index contributed by atoms with van der Waals surface area (Å²) < 4.78 is 0. The number of hydrogen-bond donors (Lipinski definition) is 1. The quantitative estimate of drug-likeness (QED) is 0.822. The fourth-order valence-electron chi connectivity index (χ4n) is 2.09. The minimum Gasteiger partial charge on any atom is -0.350 e. The first-order valence-corrected chi connectivity index (χ1v) is 7.30. The van der Waals surface area contributed by atoms with Gasteiger partial charge in [0.05, 0.1) is 0 Å². The van der Waals surface area contributed by atoms with E-state index in [4.69, 9.17) is 0 Å². The van der Waals surface area contributed by atoms with Gasteiger partial charge in [-0.3, -0.25) is 0 Å². The van der Waals surface area contributed by atoms with E-state index < -0.39 is 0 Å². The van der Waals surface area contributed by atoms with Crippen LogP contribution >= 0.6 is 0 Å². The Morgan fingerprint density at radius 1 is 1.16 bits per heavy atom. The fourth-order valence-corrected chi connectivity index (χ4v) is 2.09. The van der Waals surface area contributed by atoms with E-state index >= 15 is 0 Å². The van der Waals surface area contributed by atoms with E-state index in [1.807, 2.05) is 6.92 Å². The molecule has 1 aromatic rings. The van der Waals surface area contributed by atoms with E-state index in [0.29, 0.717) is 12.0 Å². The third kappa shape index (κ3) is 5.15. The predicted molar refractivity (Wildman–Crippen MR) is 81.7 cm³/mol. The molecule has 4 nitrogen and oxygen atoms in total. The molecule has 0 aliphatic carbocycles. The molecule has 1 N–H and O–H groups in total. The maximum Gasteiger partial charge on any atom is 0.223 e. The minimum atomic E-state index is 0.349. The van der Waals surface area contributed by atoms with Crippen molar-refractivity contribution < 1.29 is 0 Å². The molecule has 1 atom stereocenters. The van der Waals surface area contributed by atoms with E-state index in [1.54, 1.807) is 0 Å².